The third kappa shape index (κ3) is 3.26. The number of amides is 2. The monoisotopic (exact) mass is 309 g/mol. The van der Waals surface area contributed by atoms with Crippen LogP contribution < -0.4 is 5.32 Å². The van der Waals surface area contributed by atoms with Gasteiger partial charge in [-0.15, -0.1) is 11.3 Å². The molecule has 1 saturated heterocycles. The highest BCUT2D eigenvalue weighted by Crippen LogP contribution is 2.28. The molecule has 1 aromatic rings. The number of nitrogens with zero attached hydrogens (tertiary/aromatic N) is 2. The Morgan fingerprint density at radius 3 is 2.52 bits per heavy atom. The number of thiazole rings is 1. The highest BCUT2D eigenvalue weighted by molar-refractivity contribution is 7.09. The lowest BCUT2D eigenvalue weighted by Crippen LogP contribution is -2.67. The maximum Gasteiger partial charge on any atom is 0.246 e. The van der Waals surface area contributed by atoms with Crippen molar-refractivity contribution in [1.82, 2.24) is 15.2 Å². The van der Waals surface area contributed by atoms with Crippen molar-refractivity contribution in [2.45, 2.75) is 53.2 Å². The van der Waals surface area contributed by atoms with Crippen LogP contribution in [0.3, 0.4) is 0 Å². The minimum Gasteiger partial charge on any atom is -0.342 e. The summed E-state index contributed by atoms with van der Waals surface area (Å²) in [6, 6.07) is -0.897. The molecule has 0 bridgehead atoms. The number of aromatic nitrogens is 1. The average molecular weight is 309 g/mol. The van der Waals surface area contributed by atoms with Crippen molar-refractivity contribution in [3.8, 4) is 0 Å². The number of carbonyl (C=O) groups is 2. The third-order valence-corrected chi connectivity index (χ3v) is 4.49. The van der Waals surface area contributed by atoms with Gasteiger partial charge in [0.25, 0.3) is 0 Å². The van der Waals surface area contributed by atoms with Crippen molar-refractivity contribution in [3.05, 3.63) is 16.6 Å². The van der Waals surface area contributed by atoms with Crippen molar-refractivity contribution in [2.24, 2.45) is 11.3 Å². The molecule has 1 aromatic heterocycles. The van der Waals surface area contributed by atoms with Gasteiger partial charge in [0, 0.05) is 11.1 Å². The van der Waals surface area contributed by atoms with Crippen LogP contribution in [0.25, 0.3) is 0 Å². The number of hydrogen-bond donors (Lipinski definition) is 1. The van der Waals surface area contributed by atoms with Gasteiger partial charge < -0.3 is 10.2 Å². The SMILES string of the molecule is CC(C)C1C(=O)NC(C(C)(C)C)C(=O)N1Cc1cncs1. The van der Waals surface area contributed by atoms with E-state index in [4.69, 9.17) is 0 Å². The van der Waals surface area contributed by atoms with E-state index >= 15 is 0 Å². The predicted octanol–water partition coefficient (Wildman–Crippen LogP) is 2.04. The number of piperazine rings is 1. The normalized spacial score (nSPS) is 23.6. The molecule has 0 aromatic carbocycles. The summed E-state index contributed by atoms with van der Waals surface area (Å²) in [6.07, 6.45) is 1.76. The van der Waals surface area contributed by atoms with Crippen LogP contribution in [0.1, 0.15) is 39.5 Å². The first-order valence-electron chi connectivity index (χ1n) is 7.20. The molecule has 6 heteroatoms. The zero-order valence-corrected chi connectivity index (χ0v) is 14.0. The Bertz CT molecular complexity index is 520. The van der Waals surface area contributed by atoms with Gasteiger partial charge in [-0.05, 0) is 11.3 Å². The second-order valence-electron chi connectivity index (χ2n) is 6.93. The minimum atomic E-state index is -0.479. The fraction of sp³-hybridized carbons (Fsp3) is 0.667. The van der Waals surface area contributed by atoms with Crippen LogP contribution in [0.2, 0.25) is 0 Å². The topological polar surface area (TPSA) is 62.3 Å². The van der Waals surface area contributed by atoms with Crippen LogP contribution in [0.4, 0.5) is 0 Å². The molecule has 2 atom stereocenters. The lowest BCUT2D eigenvalue weighted by Gasteiger charge is -2.44. The van der Waals surface area contributed by atoms with E-state index in [0.717, 1.165) is 4.88 Å². The van der Waals surface area contributed by atoms with Gasteiger partial charge in [0.1, 0.15) is 12.1 Å². The molecule has 1 N–H and O–H groups in total. The lowest BCUT2D eigenvalue weighted by molar-refractivity contribution is -0.155. The molecule has 2 amide bonds. The van der Waals surface area contributed by atoms with Gasteiger partial charge in [-0.1, -0.05) is 34.6 Å². The largest absolute Gasteiger partial charge is 0.342 e. The van der Waals surface area contributed by atoms with Crippen LogP contribution >= 0.6 is 11.3 Å². The molecule has 1 aliphatic rings. The number of nitrogens with one attached hydrogen (secondary N) is 1. The van der Waals surface area contributed by atoms with Gasteiger partial charge in [-0.2, -0.15) is 0 Å². The van der Waals surface area contributed by atoms with Crippen LogP contribution in [0.5, 0.6) is 0 Å². The summed E-state index contributed by atoms with van der Waals surface area (Å²) < 4.78 is 0. The summed E-state index contributed by atoms with van der Waals surface area (Å²) in [5.74, 6) is 0.00558. The summed E-state index contributed by atoms with van der Waals surface area (Å²) in [5, 5.41) is 2.90. The lowest BCUT2D eigenvalue weighted by atomic mass is 9.82. The van der Waals surface area contributed by atoms with Gasteiger partial charge in [0.15, 0.2) is 0 Å². The van der Waals surface area contributed by atoms with E-state index in [9.17, 15) is 9.59 Å². The smallest absolute Gasteiger partial charge is 0.246 e. The Balaban J connectivity index is 2.33. The molecule has 1 aliphatic heterocycles. The zero-order chi connectivity index (χ0) is 15.8. The Labute approximate surface area is 129 Å². The van der Waals surface area contributed by atoms with Gasteiger partial charge in [0.2, 0.25) is 11.8 Å². The molecule has 5 nitrogen and oxygen atoms in total. The van der Waals surface area contributed by atoms with E-state index < -0.39 is 12.1 Å². The minimum absolute atomic E-state index is 0.00537. The molecule has 2 heterocycles. The number of rotatable bonds is 3. The Hall–Kier alpha value is -1.43. The Kier molecular flexibility index (Phi) is 4.37. The molecular formula is C15H23N3O2S. The fourth-order valence-electron chi connectivity index (χ4n) is 2.65. The van der Waals surface area contributed by atoms with Crippen LogP contribution in [0.15, 0.2) is 11.7 Å². The van der Waals surface area contributed by atoms with E-state index in [1.165, 1.54) is 11.3 Å². The first-order valence-corrected chi connectivity index (χ1v) is 8.08. The molecule has 2 unspecified atom stereocenters. The molecule has 116 valence electrons. The molecule has 21 heavy (non-hydrogen) atoms. The number of carbonyl (C=O) groups excluding carboxylic acids is 2. The second kappa shape index (κ2) is 5.75. The highest BCUT2D eigenvalue weighted by atomic mass is 32.1. The molecule has 0 saturated carbocycles. The predicted molar refractivity (Wildman–Crippen MR) is 82.7 cm³/mol. The third-order valence-electron chi connectivity index (χ3n) is 3.73. The van der Waals surface area contributed by atoms with Crippen LogP contribution in [-0.4, -0.2) is 33.8 Å². The van der Waals surface area contributed by atoms with E-state index in [1.54, 1.807) is 16.6 Å². The first-order chi connectivity index (χ1) is 9.71. The van der Waals surface area contributed by atoms with Crippen LogP contribution in [0, 0.1) is 11.3 Å². The van der Waals surface area contributed by atoms with Crippen molar-refractivity contribution in [1.29, 1.82) is 0 Å². The summed E-state index contributed by atoms with van der Waals surface area (Å²) in [7, 11) is 0. The van der Waals surface area contributed by atoms with E-state index in [0.29, 0.717) is 6.54 Å². The molecule has 1 fully saturated rings. The van der Waals surface area contributed by atoms with Crippen molar-refractivity contribution >= 4 is 23.2 Å². The Morgan fingerprint density at radius 1 is 1.38 bits per heavy atom. The second-order valence-corrected chi connectivity index (χ2v) is 7.90. The standard InChI is InChI=1S/C15H23N3O2S/c1-9(2)11-13(19)17-12(15(3,4)5)14(20)18(11)7-10-6-16-8-21-10/h6,8-9,11-12H,7H2,1-5H3,(H,17,19). The maximum atomic E-state index is 12.9. The molecule has 0 spiro atoms. The highest BCUT2D eigenvalue weighted by Gasteiger charge is 2.46. The fourth-order valence-corrected chi connectivity index (χ4v) is 3.24. The van der Waals surface area contributed by atoms with Crippen LogP contribution in [-0.2, 0) is 16.1 Å². The molecular weight excluding hydrogens is 286 g/mol. The molecule has 0 aliphatic carbocycles. The van der Waals surface area contributed by atoms with Crippen molar-refractivity contribution in [3.63, 3.8) is 0 Å². The van der Waals surface area contributed by atoms with Gasteiger partial charge >= 0.3 is 0 Å². The van der Waals surface area contributed by atoms with Gasteiger partial charge in [-0.25, -0.2) is 0 Å². The zero-order valence-electron chi connectivity index (χ0n) is 13.2. The first kappa shape index (κ1) is 15.9. The van der Waals surface area contributed by atoms with Crippen molar-refractivity contribution in [2.75, 3.05) is 0 Å². The molecule has 2 rings (SSSR count). The maximum absolute atomic E-state index is 12.9. The number of hydrogen-bond acceptors (Lipinski definition) is 4. The summed E-state index contributed by atoms with van der Waals surface area (Å²) in [5.41, 5.74) is 1.44. The summed E-state index contributed by atoms with van der Waals surface area (Å²) in [4.78, 5) is 32.1. The van der Waals surface area contributed by atoms with Crippen molar-refractivity contribution < 1.29 is 9.59 Å². The quantitative estimate of drug-likeness (QED) is 0.929. The van der Waals surface area contributed by atoms with E-state index in [1.807, 2.05) is 34.6 Å². The summed E-state index contributed by atoms with van der Waals surface area (Å²) in [6.45, 7) is 10.3. The van der Waals surface area contributed by atoms with E-state index in [2.05, 4.69) is 10.3 Å². The Morgan fingerprint density at radius 2 is 2.05 bits per heavy atom. The van der Waals surface area contributed by atoms with E-state index in [-0.39, 0.29) is 23.1 Å². The summed E-state index contributed by atoms with van der Waals surface area (Å²) >= 11 is 1.51. The van der Waals surface area contributed by atoms with Gasteiger partial charge in [-0.3, -0.25) is 14.6 Å². The average Bonchev–Trinajstić information content (AvgIpc) is 2.84. The van der Waals surface area contributed by atoms with Gasteiger partial charge in [0.05, 0.1) is 12.1 Å². The molecule has 0 radical (unpaired) electrons.